The Bertz CT molecular complexity index is 1110. The summed E-state index contributed by atoms with van der Waals surface area (Å²) in [4.78, 5) is 42.4. The van der Waals surface area contributed by atoms with Crippen LogP contribution in [-0.4, -0.2) is 22.3 Å². The van der Waals surface area contributed by atoms with E-state index in [1.54, 1.807) is 78.9 Å². The lowest BCUT2D eigenvalue weighted by atomic mass is 9.93. The predicted octanol–water partition coefficient (Wildman–Crippen LogP) is 4.71. The minimum absolute atomic E-state index is 0.0962. The molecule has 4 rings (SSSR count). The van der Waals surface area contributed by atoms with E-state index in [0.29, 0.717) is 16.7 Å². The summed E-state index contributed by atoms with van der Waals surface area (Å²) in [5, 5.41) is 0. The summed E-state index contributed by atoms with van der Waals surface area (Å²) in [5.74, 6) is -1.02. The number of hydrogen-bond donors (Lipinski definition) is 1. The van der Waals surface area contributed by atoms with Crippen LogP contribution in [0.5, 0.6) is 0 Å². The molecule has 0 atom stereocenters. The highest BCUT2D eigenvalue weighted by Gasteiger charge is 2.28. The van der Waals surface area contributed by atoms with Crippen LogP contribution < -0.4 is 0 Å². The van der Waals surface area contributed by atoms with Gasteiger partial charge in [0, 0.05) is 22.9 Å². The number of aromatic amines is 1. The van der Waals surface area contributed by atoms with Crippen LogP contribution >= 0.6 is 0 Å². The second-order valence-electron chi connectivity index (χ2n) is 6.54. The topological polar surface area (TPSA) is 67.0 Å². The zero-order chi connectivity index (χ0) is 20.2. The molecular weight excluding hydrogens is 362 g/mol. The SMILES string of the molecule is O=C(c1ccccc1)c1c[nH]c(C(=O)c2ccccc2)c1C(=O)c1ccccc1. The van der Waals surface area contributed by atoms with Gasteiger partial charge in [-0.1, -0.05) is 91.0 Å². The van der Waals surface area contributed by atoms with Gasteiger partial charge in [0.05, 0.1) is 16.8 Å². The maximum atomic E-state index is 13.3. The minimum Gasteiger partial charge on any atom is -0.357 e. The van der Waals surface area contributed by atoms with Crippen molar-refractivity contribution in [3.63, 3.8) is 0 Å². The second-order valence-corrected chi connectivity index (χ2v) is 6.54. The number of benzene rings is 3. The molecule has 0 radical (unpaired) electrons. The largest absolute Gasteiger partial charge is 0.357 e. The number of H-pyrrole nitrogens is 1. The Kier molecular flexibility index (Phi) is 4.99. The third kappa shape index (κ3) is 3.56. The molecular formula is C25H17NO3. The molecule has 0 saturated heterocycles. The van der Waals surface area contributed by atoms with Gasteiger partial charge in [-0.05, 0) is 0 Å². The lowest BCUT2D eigenvalue weighted by molar-refractivity contribution is 0.0992. The first-order valence-corrected chi connectivity index (χ1v) is 9.17. The van der Waals surface area contributed by atoms with E-state index in [2.05, 4.69) is 4.98 Å². The number of rotatable bonds is 6. The van der Waals surface area contributed by atoms with Crippen molar-refractivity contribution in [3.8, 4) is 0 Å². The van der Waals surface area contributed by atoms with Crippen LogP contribution in [0.25, 0.3) is 0 Å². The first-order chi connectivity index (χ1) is 14.2. The Morgan fingerprint density at radius 3 is 1.41 bits per heavy atom. The van der Waals surface area contributed by atoms with E-state index >= 15 is 0 Å². The van der Waals surface area contributed by atoms with Crippen molar-refractivity contribution in [1.29, 1.82) is 0 Å². The van der Waals surface area contributed by atoms with Gasteiger partial charge in [0.1, 0.15) is 0 Å². The summed E-state index contributed by atoms with van der Waals surface area (Å²) in [5.41, 5.74) is 1.70. The third-order valence-electron chi connectivity index (χ3n) is 4.69. The molecule has 0 saturated carbocycles. The minimum atomic E-state index is -0.370. The fraction of sp³-hybridized carbons (Fsp3) is 0. The summed E-state index contributed by atoms with van der Waals surface area (Å²) in [7, 11) is 0. The molecule has 4 aromatic rings. The van der Waals surface area contributed by atoms with Gasteiger partial charge in [-0.3, -0.25) is 14.4 Å². The van der Waals surface area contributed by atoms with Gasteiger partial charge < -0.3 is 4.98 Å². The van der Waals surface area contributed by atoms with E-state index in [9.17, 15) is 14.4 Å². The Morgan fingerprint density at radius 1 is 0.517 bits per heavy atom. The highest BCUT2D eigenvalue weighted by atomic mass is 16.1. The molecule has 1 aromatic heterocycles. The van der Waals surface area contributed by atoms with Gasteiger partial charge in [-0.15, -0.1) is 0 Å². The van der Waals surface area contributed by atoms with Gasteiger partial charge in [0.25, 0.3) is 0 Å². The summed E-state index contributed by atoms with van der Waals surface area (Å²) in [6.07, 6.45) is 1.45. The summed E-state index contributed by atoms with van der Waals surface area (Å²) >= 11 is 0. The van der Waals surface area contributed by atoms with Crippen molar-refractivity contribution in [3.05, 3.63) is 131 Å². The molecule has 0 aliphatic carbocycles. The van der Waals surface area contributed by atoms with Crippen molar-refractivity contribution < 1.29 is 14.4 Å². The second kappa shape index (κ2) is 7.90. The number of hydrogen-bond acceptors (Lipinski definition) is 3. The maximum absolute atomic E-state index is 13.3. The molecule has 3 aromatic carbocycles. The van der Waals surface area contributed by atoms with Crippen LogP contribution in [0.15, 0.2) is 97.2 Å². The molecule has 1 heterocycles. The molecule has 4 nitrogen and oxygen atoms in total. The van der Waals surface area contributed by atoms with Gasteiger partial charge in [-0.2, -0.15) is 0 Å². The average molecular weight is 379 g/mol. The smallest absolute Gasteiger partial charge is 0.209 e. The van der Waals surface area contributed by atoms with Gasteiger partial charge >= 0.3 is 0 Å². The summed E-state index contributed by atoms with van der Waals surface area (Å²) < 4.78 is 0. The molecule has 4 heteroatoms. The number of carbonyl (C=O) groups excluding carboxylic acids is 3. The quantitative estimate of drug-likeness (QED) is 0.494. The van der Waals surface area contributed by atoms with Crippen LogP contribution in [0.4, 0.5) is 0 Å². The molecule has 0 spiro atoms. The standard InChI is InChI=1S/C25H17NO3/c27-23(17-10-4-1-5-11-17)20-16-26-22(25(29)19-14-8-3-9-15-19)21(20)24(28)18-12-6-2-7-13-18/h1-16,26H. The molecule has 0 amide bonds. The number of nitrogens with one attached hydrogen (secondary N) is 1. The maximum Gasteiger partial charge on any atom is 0.209 e. The lowest BCUT2D eigenvalue weighted by Gasteiger charge is -2.07. The van der Waals surface area contributed by atoms with E-state index in [1.165, 1.54) is 6.20 Å². The molecule has 29 heavy (non-hydrogen) atoms. The molecule has 140 valence electrons. The van der Waals surface area contributed by atoms with Crippen molar-refractivity contribution in [2.45, 2.75) is 0 Å². The number of ketones is 3. The summed E-state index contributed by atoms with van der Waals surface area (Å²) in [6.45, 7) is 0. The Labute approximate surface area is 167 Å². The molecule has 0 aliphatic heterocycles. The van der Waals surface area contributed by atoms with Crippen LogP contribution in [0.2, 0.25) is 0 Å². The molecule has 1 N–H and O–H groups in total. The average Bonchev–Trinajstić information content (AvgIpc) is 3.24. The fourth-order valence-electron chi connectivity index (χ4n) is 3.23. The zero-order valence-corrected chi connectivity index (χ0v) is 15.5. The van der Waals surface area contributed by atoms with Gasteiger partial charge in [0.2, 0.25) is 5.78 Å². The van der Waals surface area contributed by atoms with Crippen molar-refractivity contribution in [2.75, 3.05) is 0 Å². The molecule has 0 aliphatic rings. The van der Waals surface area contributed by atoms with Crippen molar-refractivity contribution in [2.24, 2.45) is 0 Å². The zero-order valence-electron chi connectivity index (χ0n) is 15.5. The predicted molar refractivity (Wildman–Crippen MR) is 110 cm³/mol. The van der Waals surface area contributed by atoms with Crippen LogP contribution in [0.1, 0.15) is 47.9 Å². The van der Waals surface area contributed by atoms with Gasteiger partial charge in [-0.25, -0.2) is 0 Å². The van der Waals surface area contributed by atoms with Crippen LogP contribution in [0.3, 0.4) is 0 Å². The monoisotopic (exact) mass is 379 g/mol. The molecule has 0 bridgehead atoms. The number of aromatic nitrogens is 1. The highest BCUT2D eigenvalue weighted by molar-refractivity contribution is 6.25. The van der Waals surface area contributed by atoms with E-state index in [4.69, 9.17) is 0 Å². The normalized spacial score (nSPS) is 10.5. The van der Waals surface area contributed by atoms with Crippen molar-refractivity contribution >= 4 is 17.3 Å². The van der Waals surface area contributed by atoms with E-state index < -0.39 is 0 Å². The Morgan fingerprint density at radius 2 is 0.931 bits per heavy atom. The van der Waals surface area contributed by atoms with E-state index in [-0.39, 0.29) is 34.2 Å². The van der Waals surface area contributed by atoms with Gasteiger partial charge in [0.15, 0.2) is 11.6 Å². The lowest BCUT2D eigenvalue weighted by Crippen LogP contribution is -2.14. The molecule has 0 unspecified atom stereocenters. The fourth-order valence-corrected chi connectivity index (χ4v) is 3.23. The molecule has 0 fully saturated rings. The first-order valence-electron chi connectivity index (χ1n) is 9.17. The van der Waals surface area contributed by atoms with Crippen LogP contribution in [-0.2, 0) is 0 Å². The Balaban J connectivity index is 1.86. The third-order valence-corrected chi connectivity index (χ3v) is 4.69. The summed E-state index contributed by atoms with van der Waals surface area (Å²) in [6, 6.07) is 26.0. The van der Waals surface area contributed by atoms with Crippen molar-refractivity contribution in [1.82, 2.24) is 4.98 Å². The van der Waals surface area contributed by atoms with Crippen LogP contribution in [0, 0.1) is 0 Å². The number of carbonyl (C=O) groups is 3. The highest BCUT2D eigenvalue weighted by Crippen LogP contribution is 2.24. The Hall–Kier alpha value is -4.05. The van der Waals surface area contributed by atoms with E-state index in [0.717, 1.165) is 0 Å². The van der Waals surface area contributed by atoms with E-state index in [1.807, 2.05) is 12.1 Å². The first kappa shape index (κ1) is 18.3.